The van der Waals surface area contributed by atoms with Gasteiger partial charge in [0.2, 0.25) is 5.01 Å². The highest BCUT2D eigenvalue weighted by Gasteiger charge is 2.11. The monoisotopic (exact) mass is 172 g/mol. The molecule has 60 valence electrons. The van der Waals surface area contributed by atoms with Crippen LogP contribution in [-0.2, 0) is 6.42 Å². The number of hydrogen-bond acceptors (Lipinski definition) is 4. The summed E-state index contributed by atoms with van der Waals surface area (Å²) < 4.78 is 0. The topological polar surface area (TPSA) is 56.0 Å². The second-order valence-corrected chi connectivity index (χ2v) is 3.05. The highest BCUT2D eigenvalue weighted by atomic mass is 32.1. The highest BCUT2D eigenvalue weighted by molar-refractivity contribution is 7.09. The quantitative estimate of drug-likeness (QED) is 0.517. The van der Waals surface area contributed by atoms with Gasteiger partial charge in [0.15, 0.2) is 0 Å². The fraction of sp³-hybridized carbons (Fsp3) is 0.500. The van der Waals surface area contributed by atoms with Crippen LogP contribution in [0.1, 0.15) is 18.4 Å². The Hall–Kier alpha value is -0.970. The Kier molecular flexibility index (Phi) is 2.53. The third-order valence-corrected chi connectivity index (χ3v) is 2.09. The molecule has 0 saturated heterocycles. The molecule has 0 N–H and O–H groups in total. The first-order chi connectivity index (χ1) is 5.24. The standard InChI is InChI=1S/C6H8N2O2S/c1-2-3-6-7-5(4-11-6)8(9)10/h4H,2-3H2,1H3. The number of aryl methyl sites for hydroxylation is 1. The summed E-state index contributed by atoms with van der Waals surface area (Å²) in [4.78, 5) is 13.5. The highest BCUT2D eigenvalue weighted by Crippen LogP contribution is 2.16. The van der Waals surface area contributed by atoms with Crippen molar-refractivity contribution in [1.82, 2.24) is 4.98 Å². The van der Waals surface area contributed by atoms with Crippen molar-refractivity contribution in [2.24, 2.45) is 0 Å². The first-order valence-corrected chi connectivity index (χ1v) is 4.20. The zero-order chi connectivity index (χ0) is 8.27. The minimum Gasteiger partial charge on any atom is -0.358 e. The van der Waals surface area contributed by atoms with Crippen LogP contribution in [0.4, 0.5) is 5.82 Å². The van der Waals surface area contributed by atoms with E-state index in [0.717, 1.165) is 17.8 Å². The SMILES string of the molecule is CCCc1nc([N+](=O)[O-])cs1. The van der Waals surface area contributed by atoms with Gasteiger partial charge in [0.05, 0.1) is 5.38 Å². The van der Waals surface area contributed by atoms with Gasteiger partial charge in [0.1, 0.15) is 0 Å². The molecule has 0 aliphatic rings. The summed E-state index contributed by atoms with van der Waals surface area (Å²) in [5, 5.41) is 12.5. The predicted octanol–water partition coefficient (Wildman–Crippen LogP) is 2.00. The summed E-state index contributed by atoms with van der Waals surface area (Å²) in [6.45, 7) is 2.02. The molecule has 4 nitrogen and oxygen atoms in total. The summed E-state index contributed by atoms with van der Waals surface area (Å²) >= 11 is 1.35. The van der Waals surface area contributed by atoms with Gasteiger partial charge in [-0.15, -0.1) is 0 Å². The van der Waals surface area contributed by atoms with E-state index < -0.39 is 4.92 Å². The number of rotatable bonds is 3. The van der Waals surface area contributed by atoms with Gasteiger partial charge in [-0.2, -0.15) is 0 Å². The number of aromatic nitrogens is 1. The average molecular weight is 172 g/mol. The van der Waals surface area contributed by atoms with Crippen molar-refractivity contribution in [3.8, 4) is 0 Å². The lowest BCUT2D eigenvalue weighted by molar-refractivity contribution is -0.389. The lowest BCUT2D eigenvalue weighted by Gasteiger charge is -1.83. The first-order valence-electron chi connectivity index (χ1n) is 3.33. The normalized spacial score (nSPS) is 9.91. The van der Waals surface area contributed by atoms with Crippen LogP contribution in [0.25, 0.3) is 0 Å². The number of nitro groups is 1. The Morgan fingerprint density at radius 1 is 1.82 bits per heavy atom. The zero-order valence-corrected chi connectivity index (χ0v) is 6.93. The Balaban J connectivity index is 2.73. The van der Waals surface area contributed by atoms with E-state index in [1.807, 2.05) is 6.92 Å². The summed E-state index contributed by atoms with van der Waals surface area (Å²) in [7, 11) is 0. The second kappa shape index (κ2) is 3.43. The molecule has 0 saturated carbocycles. The van der Waals surface area contributed by atoms with Crippen LogP contribution in [-0.4, -0.2) is 9.91 Å². The molecule has 0 aliphatic heterocycles. The van der Waals surface area contributed by atoms with Crippen molar-refractivity contribution in [1.29, 1.82) is 0 Å². The maximum atomic E-state index is 10.2. The molecule has 0 bridgehead atoms. The summed E-state index contributed by atoms with van der Waals surface area (Å²) in [6.07, 6.45) is 1.81. The smallest absolute Gasteiger partial charge is 0.358 e. The van der Waals surface area contributed by atoms with Gasteiger partial charge in [-0.05, 0) is 16.3 Å². The van der Waals surface area contributed by atoms with Crippen molar-refractivity contribution in [2.75, 3.05) is 0 Å². The number of hydrogen-bond donors (Lipinski definition) is 0. The van der Waals surface area contributed by atoms with Crippen LogP contribution in [0.15, 0.2) is 5.38 Å². The summed E-state index contributed by atoms with van der Waals surface area (Å²) in [5.74, 6) is -0.0292. The third kappa shape index (κ3) is 1.98. The fourth-order valence-electron chi connectivity index (χ4n) is 0.714. The molecule has 0 atom stereocenters. The molecule has 1 rings (SSSR count). The van der Waals surface area contributed by atoms with Crippen LogP contribution >= 0.6 is 11.3 Å². The zero-order valence-electron chi connectivity index (χ0n) is 6.11. The van der Waals surface area contributed by atoms with Crippen LogP contribution in [0.3, 0.4) is 0 Å². The van der Waals surface area contributed by atoms with Gasteiger partial charge in [0.25, 0.3) is 0 Å². The van der Waals surface area contributed by atoms with Crippen LogP contribution < -0.4 is 0 Å². The van der Waals surface area contributed by atoms with Gasteiger partial charge in [-0.3, -0.25) is 0 Å². The van der Waals surface area contributed by atoms with E-state index in [-0.39, 0.29) is 5.82 Å². The molecule has 1 aromatic heterocycles. The van der Waals surface area contributed by atoms with Crippen LogP contribution in [0, 0.1) is 10.1 Å². The Bertz CT molecular complexity index is 259. The van der Waals surface area contributed by atoms with Crippen molar-refractivity contribution < 1.29 is 4.92 Å². The van der Waals surface area contributed by atoms with Gasteiger partial charge in [-0.25, -0.2) is 0 Å². The van der Waals surface area contributed by atoms with Gasteiger partial charge >= 0.3 is 5.82 Å². The molecule has 0 amide bonds. The van der Waals surface area contributed by atoms with E-state index in [1.165, 1.54) is 16.7 Å². The lowest BCUT2D eigenvalue weighted by Crippen LogP contribution is -1.88. The second-order valence-electron chi connectivity index (χ2n) is 2.11. The molecule has 0 aliphatic carbocycles. The van der Waals surface area contributed by atoms with Crippen LogP contribution in [0.2, 0.25) is 0 Å². The summed E-state index contributed by atoms with van der Waals surface area (Å²) in [5.41, 5.74) is 0. The molecule has 5 heteroatoms. The van der Waals surface area contributed by atoms with E-state index in [2.05, 4.69) is 4.98 Å². The maximum Gasteiger partial charge on any atom is 0.374 e. The minimum absolute atomic E-state index is 0.0292. The average Bonchev–Trinajstić information content (AvgIpc) is 2.37. The molecule has 0 fully saturated rings. The molecule has 0 spiro atoms. The van der Waals surface area contributed by atoms with Gasteiger partial charge in [0, 0.05) is 6.42 Å². The predicted molar refractivity (Wildman–Crippen MR) is 42.8 cm³/mol. The van der Waals surface area contributed by atoms with E-state index in [9.17, 15) is 10.1 Å². The van der Waals surface area contributed by atoms with Crippen molar-refractivity contribution >= 4 is 17.2 Å². The molecule has 11 heavy (non-hydrogen) atoms. The van der Waals surface area contributed by atoms with E-state index >= 15 is 0 Å². The van der Waals surface area contributed by atoms with Crippen molar-refractivity contribution in [3.05, 3.63) is 20.5 Å². The molecule has 1 aromatic rings. The summed E-state index contributed by atoms with van der Waals surface area (Å²) in [6, 6.07) is 0. The Morgan fingerprint density at radius 2 is 2.55 bits per heavy atom. The fourth-order valence-corrected chi connectivity index (χ4v) is 1.56. The molecule has 0 radical (unpaired) electrons. The van der Waals surface area contributed by atoms with E-state index in [0.29, 0.717) is 0 Å². The van der Waals surface area contributed by atoms with E-state index in [1.54, 1.807) is 0 Å². The molecule has 0 unspecified atom stereocenters. The van der Waals surface area contributed by atoms with Crippen LogP contribution in [0.5, 0.6) is 0 Å². The number of nitrogens with zero attached hydrogens (tertiary/aromatic N) is 2. The van der Waals surface area contributed by atoms with Gasteiger partial charge in [-0.1, -0.05) is 18.3 Å². The molecular formula is C6H8N2O2S. The maximum absolute atomic E-state index is 10.2. The van der Waals surface area contributed by atoms with E-state index in [4.69, 9.17) is 0 Å². The molecule has 1 heterocycles. The van der Waals surface area contributed by atoms with Crippen molar-refractivity contribution in [2.45, 2.75) is 19.8 Å². The van der Waals surface area contributed by atoms with Gasteiger partial charge < -0.3 is 10.1 Å². The van der Waals surface area contributed by atoms with Crippen molar-refractivity contribution in [3.63, 3.8) is 0 Å². The third-order valence-electron chi connectivity index (χ3n) is 1.19. The number of thiazole rings is 1. The largest absolute Gasteiger partial charge is 0.374 e. The lowest BCUT2D eigenvalue weighted by atomic mass is 10.4. The first kappa shape index (κ1) is 8.13. The molecular weight excluding hydrogens is 164 g/mol. The minimum atomic E-state index is -0.463. The molecule has 0 aromatic carbocycles. The Morgan fingerprint density at radius 3 is 3.00 bits per heavy atom. The Labute approximate surface area is 68.0 Å².